The summed E-state index contributed by atoms with van der Waals surface area (Å²) in [6, 6.07) is 1.98. The van der Waals surface area contributed by atoms with E-state index in [0.29, 0.717) is 5.69 Å². The summed E-state index contributed by atoms with van der Waals surface area (Å²) < 4.78 is 0. The highest BCUT2D eigenvalue weighted by atomic mass is 32.1. The van der Waals surface area contributed by atoms with E-state index < -0.39 is 6.10 Å². The van der Waals surface area contributed by atoms with E-state index in [1.807, 2.05) is 18.4 Å². The molecule has 0 aliphatic carbocycles. The van der Waals surface area contributed by atoms with Crippen LogP contribution in [0.1, 0.15) is 22.2 Å². The minimum Gasteiger partial charge on any atom is -0.381 e. The molecule has 0 saturated carbocycles. The topological polar surface area (TPSA) is 61.8 Å². The van der Waals surface area contributed by atoms with E-state index in [0.717, 1.165) is 10.4 Å². The Balaban J connectivity index is 2.33. The lowest BCUT2D eigenvalue weighted by Gasteiger charge is -2.04. The maximum absolute atomic E-state index is 9.84. The molecule has 0 saturated heterocycles. The summed E-state index contributed by atoms with van der Waals surface area (Å²) in [5.41, 5.74) is 1.64. The average Bonchev–Trinajstić information content (AvgIpc) is 2.72. The zero-order chi connectivity index (χ0) is 9.26. The first-order valence-electron chi connectivity index (χ1n) is 3.87. The first-order chi connectivity index (χ1) is 6.29. The van der Waals surface area contributed by atoms with Gasteiger partial charge in [-0.3, -0.25) is 0 Å². The molecule has 0 amide bonds. The molecule has 1 unspecified atom stereocenters. The van der Waals surface area contributed by atoms with Crippen LogP contribution in [0.4, 0.5) is 0 Å². The van der Waals surface area contributed by atoms with Gasteiger partial charge in [0.2, 0.25) is 0 Å². The van der Waals surface area contributed by atoms with Gasteiger partial charge in [-0.2, -0.15) is 15.4 Å². The van der Waals surface area contributed by atoms with Crippen LogP contribution in [-0.4, -0.2) is 20.5 Å². The van der Waals surface area contributed by atoms with Crippen LogP contribution in [0.3, 0.4) is 0 Å². The molecule has 2 N–H and O–H groups in total. The lowest BCUT2D eigenvalue weighted by atomic mass is 10.1. The number of aromatic nitrogens is 3. The van der Waals surface area contributed by atoms with Gasteiger partial charge >= 0.3 is 0 Å². The third-order valence-corrected chi connectivity index (χ3v) is 2.94. The second kappa shape index (κ2) is 3.27. The molecule has 0 aromatic carbocycles. The van der Waals surface area contributed by atoms with E-state index in [-0.39, 0.29) is 0 Å². The molecule has 0 bridgehead atoms. The molecule has 2 heterocycles. The zero-order valence-corrected chi connectivity index (χ0v) is 7.88. The summed E-state index contributed by atoms with van der Waals surface area (Å²) in [7, 11) is 0. The minimum absolute atomic E-state index is 0.561. The SMILES string of the molecule is Cc1ccsc1C(O)c1cn[nH]n1. The van der Waals surface area contributed by atoms with Gasteiger partial charge in [0, 0.05) is 4.88 Å². The van der Waals surface area contributed by atoms with E-state index >= 15 is 0 Å². The Kier molecular flexibility index (Phi) is 2.12. The van der Waals surface area contributed by atoms with Crippen LogP contribution in [-0.2, 0) is 0 Å². The molecule has 13 heavy (non-hydrogen) atoms. The third-order valence-electron chi connectivity index (χ3n) is 1.86. The summed E-state index contributed by atoms with van der Waals surface area (Å²) in [4.78, 5) is 0.925. The molecule has 5 heteroatoms. The van der Waals surface area contributed by atoms with Gasteiger partial charge in [-0.05, 0) is 23.9 Å². The van der Waals surface area contributed by atoms with E-state index in [1.54, 1.807) is 0 Å². The van der Waals surface area contributed by atoms with Gasteiger partial charge in [0.15, 0.2) is 0 Å². The lowest BCUT2D eigenvalue weighted by molar-refractivity contribution is 0.218. The van der Waals surface area contributed by atoms with Crippen molar-refractivity contribution in [1.82, 2.24) is 15.4 Å². The molecule has 4 nitrogen and oxygen atoms in total. The van der Waals surface area contributed by atoms with Crippen molar-refractivity contribution in [1.29, 1.82) is 0 Å². The van der Waals surface area contributed by atoms with Gasteiger partial charge in [0.1, 0.15) is 11.8 Å². The van der Waals surface area contributed by atoms with E-state index in [9.17, 15) is 5.11 Å². The monoisotopic (exact) mass is 195 g/mol. The highest BCUT2D eigenvalue weighted by molar-refractivity contribution is 7.10. The molecule has 0 radical (unpaired) electrons. The highest BCUT2D eigenvalue weighted by Crippen LogP contribution is 2.27. The number of aliphatic hydroxyl groups is 1. The Morgan fingerprint density at radius 2 is 2.46 bits per heavy atom. The predicted octanol–water partition coefficient (Wildman–Crippen LogP) is 1.26. The number of H-pyrrole nitrogens is 1. The largest absolute Gasteiger partial charge is 0.381 e. The fraction of sp³-hybridized carbons (Fsp3) is 0.250. The second-order valence-electron chi connectivity index (χ2n) is 2.77. The van der Waals surface area contributed by atoms with Gasteiger partial charge in [-0.25, -0.2) is 0 Å². The highest BCUT2D eigenvalue weighted by Gasteiger charge is 2.16. The van der Waals surface area contributed by atoms with Gasteiger partial charge in [0.25, 0.3) is 0 Å². The summed E-state index contributed by atoms with van der Waals surface area (Å²) in [5, 5.41) is 21.8. The van der Waals surface area contributed by atoms with Crippen LogP contribution in [0.25, 0.3) is 0 Å². The Bertz CT molecular complexity index is 382. The minimum atomic E-state index is -0.654. The van der Waals surface area contributed by atoms with Crippen LogP contribution >= 0.6 is 11.3 Å². The molecule has 0 spiro atoms. The summed E-state index contributed by atoms with van der Waals surface area (Å²) in [6.45, 7) is 1.97. The number of rotatable bonds is 2. The molecule has 68 valence electrons. The van der Waals surface area contributed by atoms with Crippen molar-refractivity contribution >= 4 is 11.3 Å². The Hall–Kier alpha value is -1.20. The number of nitrogens with zero attached hydrogens (tertiary/aromatic N) is 2. The van der Waals surface area contributed by atoms with Crippen molar-refractivity contribution in [2.75, 3.05) is 0 Å². The van der Waals surface area contributed by atoms with Crippen molar-refractivity contribution in [2.45, 2.75) is 13.0 Å². The molecular formula is C8H9N3OS. The Morgan fingerprint density at radius 3 is 3.00 bits per heavy atom. The zero-order valence-electron chi connectivity index (χ0n) is 7.06. The molecule has 0 aliphatic heterocycles. The quantitative estimate of drug-likeness (QED) is 0.758. The standard InChI is InChI=1S/C8H9N3OS/c1-5-2-3-13-8(5)7(12)6-4-9-11-10-6/h2-4,7,12H,1H3,(H,9,10,11). The van der Waals surface area contributed by atoms with Crippen LogP contribution in [0.15, 0.2) is 17.6 Å². The molecule has 2 aromatic heterocycles. The maximum Gasteiger partial charge on any atom is 0.134 e. The van der Waals surface area contributed by atoms with Gasteiger partial charge in [-0.15, -0.1) is 11.3 Å². The summed E-state index contributed by atoms with van der Waals surface area (Å²) >= 11 is 1.52. The fourth-order valence-corrected chi connectivity index (χ4v) is 2.06. The molecule has 2 rings (SSSR count). The average molecular weight is 195 g/mol. The van der Waals surface area contributed by atoms with E-state index in [2.05, 4.69) is 15.4 Å². The summed E-state index contributed by atoms with van der Waals surface area (Å²) in [6.07, 6.45) is 0.878. The van der Waals surface area contributed by atoms with Crippen LogP contribution in [0.5, 0.6) is 0 Å². The molecule has 2 aromatic rings. The van der Waals surface area contributed by atoms with E-state index in [1.165, 1.54) is 17.5 Å². The van der Waals surface area contributed by atoms with Gasteiger partial charge in [0.05, 0.1) is 6.20 Å². The number of hydrogen-bond acceptors (Lipinski definition) is 4. The molecule has 0 fully saturated rings. The van der Waals surface area contributed by atoms with Crippen molar-refractivity contribution < 1.29 is 5.11 Å². The normalized spacial score (nSPS) is 13.1. The molecule has 1 atom stereocenters. The number of nitrogens with one attached hydrogen (secondary N) is 1. The van der Waals surface area contributed by atoms with Crippen molar-refractivity contribution in [3.8, 4) is 0 Å². The van der Waals surface area contributed by atoms with Gasteiger partial charge in [-0.1, -0.05) is 0 Å². The fourth-order valence-electron chi connectivity index (χ4n) is 1.14. The second-order valence-corrected chi connectivity index (χ2v) is 3.71. The van der Waals surface area contributed by atoms with Gasteiger partial charge < -0.3 is 5.11 Å². The Morgan fingerprint density at radius 1 is 1.62 bits per heavy atom. The van der Waals surface area contributed by atoms with Crippen LogP contribution in [0, 0.1) is 6.92 Å². The lowest BCUT2D eigenvalue weighted by Crippen LogP contribution is -1.98. The smallest absolute Gasteiger partial charge is 0.134 e. The van der Waals surface area contributed by atoms with Crippen molar-refractivity contribution in [3.63, 3.8) is 0 Å². The number of thiophene rings is 1. The maximum atomic E-state index is 9.84. The van der Waals surface area contributed by atoms with Crippen molar-refractivity contribution in [2.24, 2.45) is 0 Å². The molecule has 0 aliphatic rings. The predicted molar refractivity (Wildman–Crippen MR) is 49.5 cm³/mol. The third kappa shape index (κ3) is 1.48. The van der Waals surface area contributed by atoms with Crippen LogP contribution in [0.2, 0.25) is 0 Å². The van der Waals surface area contributed by atoms with E-state index in [4.69, 9.17) is 0 Å². The first kappa shape index (κ1) is 8.40. The van der Waals surface area contributed by atoms with Crippen molar-refractivity contribution in [3.05, 3.63) is 33.8 Å². The number of aromatic amines is 1. The summed E-state index contributed by atoms with van der Waals surface area (Å²) in [5.74, 6) is 0. The molecular weight excluding hydrogens is 186 g/mol. The van der Waals surface area contributed by atoms with Crippen LogP contribution < -0.4 is 0 Å². The number of aliphatic hydroxyl groups excluding tert-OH is 1. The number of hydrogen-bond donors (Lipinski definition) is 2. The first-order valence-corrected chi connectivity index (χ1v) is 4.74. The number of aryl methyl sites for hydroxylation is 1. The Labute approximate surface area is 79.2 Å².